The van der Waals surface area contributed by atoms with Crippen molar-refractivity contribution in [2.24, 2.45) is 11.5 Å². The molecule has 0 heterocycles. The van der Waals surface area contributed by atoms with Crippen LogP contribution < -0.4 is 11.5 Å². The fourth-order valence-electron chi connectivity index (χ4n) is 2.47. The van der Waals surface area contributed by atoms with Crippen LogP contribution in [0.25, 0.3) is 16.8 Å². The van der Waals surface area contributed by atoms with Gasteiger partial charge in [-0.3, -0.25) is 0 Å². The van der Waals surface area contributed by atoms with Gasteiger partial charge in [0.25, 0.3) is 0 Å². The third-order valence-corrected chi connectivity index (χ3v) is 3.68. The van der Waals surface area contributed by atoms with Gasteiger partial charge in [0.15, 0.2) is 0 Å². The van der Waals surface area contributed by atoms with Gasteiger partial charge in [-0.25, -0.2) is 0 Å². The van der Waals surface area contributed by atoms with Crippen LogP contribution in [-0.4, -0.2) is 6.04 Å². The first kappa shape index (κ1) is 13.4. The molecule has 0 saturated carbocycles. The van der Waals surface area contributed by atoms with E-state index in [1.807, 2.05) is 54.6 Å². The van der Waals surface area contributed by atoms with Crippen LogP contribution in [0.3, 0.4) is 0 Å². The minimum atomic E-state index is -0.135. The van der Waals surface area contributed by atoms with Gasteiger partial charge >= 0.3 is 0 Å². The standard InChI is InChI=1S/C19H18N2/c20-18-9-5-4-8-17(18)19(21)16-12-10-15(11-13-16)14-6-2-1-3-7-14/h1-13,18H,20-21H2/b19-17-. The van der Waals surface area contributed by atoms with Crippen LogP contribution in [-0.2, 0) is 0 Å². The van der Waals surface area contributed by atoms with Gasteiger partial charge < -0.3 is 11.5 Å². The Morgan fingerprint density at radius 1 is 0.810 bits per heavy atom. The molecule has 1 unspecified atom stereocenters. The lowest BCUT2D eigenvalue weighted by molar-refractivity contribution is 0.970. The summed E-state index contributed by atoms with van der Waals surface area (Å²) >= 11 is 0. The van der Waals surface area contributed by atoms with E-state index in [2.05, 4.69) is 24.3 Å². The molecule has 0 aliphatic heterocycles. The zero-order valence-corrected chi connectivity index (χ0v) is 11.7. The molecule has 1 aliphatic carbocycles. The maximum absolute atomic E-state index is 6.26. The van der Waals surface area contributed by atoms with E-state index in [-0.39, 0.29) is 6.04 Å². The Labute approximate surface area is 125 Å². The van der Waals surface area contributed by atoms with Gasteiger partial charge in [0.05, 0.1) is 6.04 Å². The molecule has 21 heavy (non-hydrogen) atoms. The molecule has 2 aromatic carbocycles. The summed E-state index contributed by atoms with van der Waals surface area (Å²) in [4.78, 5) is 0. The lowest BCUT2D eigenvalue weighted by Gasteiger charge is -2.15. The Hall–Kier alpha value is -2.58. The summed E-state index contributed by atoms with van der Waals surface area (Å²) in [5.41, 5.74) is 17.4. The second-order valence-corrected chi connectivity index (χ2v) is 5.08. The average molecular weight is 274 g/mol. The van der Waals surface area contributed by atoms with Crippen molar-refractivity contribution < 1.29 is 0 Å². The van der Waals surface area contributed by atoms with E-state index in [9.17, 15) is 0 Å². The summed E-state index contributed by atoms with van der Waals surface area (Å²) < 4.78 is 0. The van der Waals surface area contributed by atoms with Crippen molar-refractivity contribution in [2.75, 3.05) is 0 Å². The summed E-state index contributed by atoms with van der Waals surface area (Å²) in [7, 11) is 0. The van der Waals surface area contributed by atoms with E-state index >= 15 is 0 Å². The quantitative estimate of drug-likeness (QED) is 0.881. The topological polar surface area (TPSA) is 52.0 Å². The molecule has 2 aromatic rings. The highest BCUT2D eigenvalue weighted by atomic mass is 14.7. The van der Waals surface area contributed by atoms with Gasteiger partial charge in [0, 0.05) is 5.70 Å². The fraction of sp³-hybridized carbons (Fsp3) is 0.0526. The molecule has 0 fully saturated rings. The van der Waals surface area contributed by atoms with E-state index < -0.39 is 0 Å². The molecule has 0 spiro atoms. The number of benzene rings is 2. The van der Waals surface area contributed by atoms with Crippen LogP contribution >= 0.6 is 0 Å². The summed E-state index contributed by atoms with van der Waals surface area (Å²) in [6.07, 6.45) is 7.83. The van der Waals surface area contributed by atoms with Crippen LogP contribution in [0.2, 0.25) is 0 Å². The lowest BCUT2D eigenvalue weighted by atomic mass is 9.96. The van der Waals surface area contributed by atoms with Crippen molar-refractivity contribution in [3.8, 4) is 11.1 Å². The first-order valence-electron chi connectivity index (χ1n) is 7.01. The molecule has 2 nitrogen and oxygen atoms in total. The SMILES string of the molecule is N/C(=C1/C=CC=CC1N)c1ccc(-c2ccccc2)cc1. The van der Waals surface area contributed by atoms with Crippen molar-refractivity contribution in [3.63, 3.8) is 0 Å². The molecule has 0 amide bonds. The predicted molar refractivity (Wildman–Crippen MR) is 89.2 cm³/mol. The van der Waals surface area contributed by atoms with Crippen molar-refractivity contribution in [2.45, 2.75) is 6.04 Å². The fourth-order valence-corrected chi connectivity index (χ4v) is 2.47. The van der Waals surface area contributed by atoms with Gasteiger partial charge in [0.2, 0.25) is 0 Å². The Bertz CT molecular complexity index is 707. The minimum Gasteiger partial charge on any atom is -0.398 e. The Morgan fingerprint density at radius 3 is 2.14 bits per heavy atom. The van der Waals surface area contributed by atoms with E-state index in [1.54, 1.807) is 0 Å². The molecule has 104 valence electrons. The average Bonchev–Trinajstić information content (AvgIpc) is 2.56. The molecule has 0 bridgehead atoms. The molecule has 3 rings (SSSR count). The number of allylic oxidation sites excluding steroid dienone is 2. The second-order valence-electron chi connectivity index (χ2n) is 5.08. The second kappa shape index (κ2) is 5.81. The van der Waals surface area contributed by atoms with Crippen molar-refractivity contribution in [1.82, 2.24) is 0 Å². The third kappa shape index (κ3) is 2.81. The van der Waals surface area contributed by atoms with E-state index in [0.717, 1.165) is 16.8 Å². The van der Waals surface area contributed by atoms with Gasteiger partial charge in [0.1, 0.15) is 0 Å². The number of nitrogens with two attached hydrogens (primary N) is 2. The number of rotatable bonds is 2. The molecule has 1 atom stereocenters. The smallest absolute Gasteiger partial charge is 0.0504 e. The molecular weight excluding hydrogens is 256 g/mol. The molecule has 0 radical (unpaired) electrons. The van der Waals surface area contributed by atoms with Crippen molar-refractivity contribution >= 4 is 5.70 Å². The largest absolute Gasteiger partial charge is 0.398 e. The molecule has 4 N–H and O–H groups in total. The highest BCUT2D eigenvalue weighted by molar-refractivity contribution is 5.73. The van der Waals surface area contributed by atoms with Crippen LogP contribution in [0.1, 0.15) is 5.56 Å². The molecule has 0 aromatic heterocycles. The van der Waals surface area contributed by atoms with Crippen LogP contribution in [0.4, 0.5) is 0 Å². The van der Waals surface area contributed by atoms with Crippen LogP contribution in [0.5, 0.6) is 0 Å². The number of hydrogen-bond acceptors (Lipinski definition) is 2. The third-order valence-electron chi connectivity index (χ3n) is 3.68. The summed E-state index contributed by atoms with van der Waals surface area (Å²) in [5.74, 6) is 0. The normalized spacial score (nSPS) is 19.6. The van der Waals surface area contributed by atoms with Crippen molar-refractivity contribution in [3.05, 3.63) is 90.0 Å². The lowest BCUT2D eigenvalue weighted by Crippen LogP contribution is -2.23. The minimum absolute atomic E-state index is 0.135. The predicted octanol–water partition coefficient (Wildman–Crippen LogP) is 3.48. The van der Waals surface area contributed by atoms with E-state index in [1.165, 1.54) is 11.1 Å². The van der Waals surface area contributed by atoms with Crippen LogP contribution in [0, 0.1) is 0 Å². The van der Waals surface area contributed by atoms with Crippen molar-refractivity contribution in [1.29, 1.82) is 0 Å². The first-order valence-corrected chi connectivity index (χ1v) is 7.01. The maximum atomic E-state index is 6.26. The Kier molecular flexibility index (Phi) is 3.71. The van der Waals surface area contributed by atoms with Gasteiger partial charge in [-0.1, -0.05) is 78.9 Å². The highest BCUT2D eigenvalue weighted by Crippen LogP contribution is 2.24. The molecule has 1 aliphatic rings. The van der Waals surface area contributed by atoms with Crippen LogP contribution in [0.15, 0.2) is 84.5 Å². The van der Waals surface area contributed by atoms with Gasteiger partial charge in [-0.2, -0.15) is 0 Å². The zero-order chi connectivity index (χ0) is 14.7. The van der Waals surface area contributed by atoms with Gasteiger partial charge in [-0.15, -0.1) is 0 Å². The Morgan fingerprint density at radius 2 is 1.48 bits per heavy atom. The molecule has 2 heteroatoms. The summed E-state index contributed by atoms with van der Waals surface area (Å²) in [6.45, 7) is 0. The summed E-state index contributed by atoms with van der Waals surface area (Å²) in [6, 6.07) is 18.4. The maximum Gasteiger partial charge on any atom is 0.0504 e. The van der Waals surface area contributed by atoms with E-state index in [0.29, 0.717) is 0 Å². The zero-order valence-electron chi connectivity index (χ0n) is 11.7. The highest BCUT2D eigenvalue weighted by Gasteiger charge is 2.11. The first-order chi connectivity index (χ1) is 10.3. The van der Waals surface area contributed by atoms with Gasteiger partial charge in [-0.05, 0) is 22.3 Å². The Balaban J connectivity index is 1.93. The molecule has 0 saturated heterocycles. The summed E-state index contributed by atoms with van der Waals surface area (Å²) in [5, 5.41) is 0. The monoisotopic (exact) mass is 274 g/mol. The number of hydrogen-bond donors (Lipinski definition) is 2. The molecular formula is C19H18N2. The van der Waals surface area contributed by atoms with E-state index in [4.69, 9.17) is 11.5 Å².